The van der Waals surface area contributed by atoms with Crippen LogP contribution in [0, 0.1) is 0 Å². The van der Waals surface area contributed by atoms with Gasteiger partial charge in [-0.2, -0.15) is 0 Å². The Labute approximate surface area is 113 Å². The highest BCUT2D eigenvalue weighted by Gasteiger charge is 2.17. The van der Waals surface area contributed by atoms with E-state index in [1.807, 2.05) is 19.0 Å². The summed E-state index contributed by atoms with van der Waals surface area (Å²) in [5.41, 5.74) is 5.84. The second-order valence-corrected chi connectivity index (χ2v) is 6.41. The number of nitrogen functional groups attached to an aromatic ring is 1. The topological polar surface area (TPSA) is 75.4 Å². The van der Waals surface area contributed by atoms with Gasteiger partial charge in [-0.15, -0.1) is 0 Å². The van der Waals surface area contributed by atoms with E-state index in [-0.39, 0.29) is 10.6 Å². The van der Waals surface area contributed by atoms with Crippen LogP contribution in [0.25, 0.3) is 0 Å². The molecular formula is C11H18ClN3O2S. The SMILES string of the molecule is CN(C)CCCNS(=O)(=O)c1cc(Cl)ccc1N. The highest BCUT2D eigenvalue weighted by atomic mass is 35.5. The maximum Gasteiger partial charge on any atom is 0.242 e. The van der Waals surface area contributed by atoms with Crippen molar-refractivity contribution in [1.29, 1.82) is 0 Å². The Kier molecular flexibility index (Phi) is 5.40. The Morgan fingerprint density at radius 2 is 2.06 bits per heavy atom. The van der Waals surface area contributed by atoms with Crippen LogP contribution in [0.15, 0.2) is 23.1 Å². The number of halogens is 1. The Morgan fingerprint density at radius 1 is 1.39 bits per heavy atom. The summed E-state index contributed by atoms with van der Waals surface area (Å²) in [6.07, 6.45) is 0.729. The van der Waals surface area contributed by atoms with Crippen molar-refractivity contribution in [3.05, 3.63) is 23.2 Å². The highest BCUT2D eigenvalue weighted by Crippen LogP contribution is 2.22. The minimum absolute atomic E-state index is 0.0276. The first-order chi connectivity index (χ1) is 8.33. The van der Waals surface area contributed by atoms with Gasteiger partial charge in [-0.1, -0.05) is 11.6 Å². The zero-order chi connectivity index (χ0) is 13.8. The van der Waals surface area contributed by atoms with Gasteiger partial charge in [0, 0.05) is 11.6 Å². The molecule has 0 bridgehead atoms. The molecule has 0 unspecified atom stereocenters. The van der Waals surface area contributed by atoms with Gasteiger partial charge in [-0.3, -0.25) is 0 Å². The Morgan fingerprint density at radius 3 is 2.67 bits per heavy atom. The number of sulfonamides is 1. The van der Waals surface area contributed by atoms with Crippen LogP contribution in [-0.2, 0) is 10.0 Å². The fourth-order valence-electron chi connectivity index (χ4n) is 1.42. The van der Waals surface area contributed by atoms with Crippen LogP contribution < -0.4 is 10.5 Å². The second-order valence-electron chi connectivity index (χ2n) is 4.24. The predicted molar refractivity (Wildman–Crippen MR) is 74.2 cm³/mol. The molecule has 1 aromatic rings. The quantitative estimate of drug-likeness (QED) is 0.609. The maximum absolute atomic E-state index is 12.0. The lowest BCUT2D eigenvalue weighted by molar-refractivity contribution is 0.400. The summed E-state index contributed by atoms with van der Waals surface area (Å²) in [5.74, 6) is 0. The van der Waals surface area contributed by atoms with Gasteiger partial charge in [-0.05, 0) is 45.3 Å². The smallest absolute Gasteiger partial charge is 0.242 e. The molecule has 0 heterocycles. The van der Waals surface area contributed by atoms with Crippen LogP contribution in [0.4, 0.5) is 5.69 Å². The molecule has 0 aliphatic carbocycles. The molecule has 1 aromatic carbocycles. The van der Waals surface area contributed by atoms with Gasteiger partial charge in [-0.25, -0.2) is 13.1 Å². The fraction of sp³-hybridized carbons (Fsp3) is 0.455. The molecule has 0 amide bonds. The van der Waals surface area contributed by atoms with Crippen molar-refractivity contribution in [2.45, 2.75) is 11.3 Å². The summed E-state index contributed by atoms with van der Waals surface area (Å²) in [4.78, 5) is 2.02. The van der Waals surface area contributed by atoms with Crippen LogP contribution in [0.2, 0.25) is 5.02 Å². The van der Waals surface area contributed by atoms with Gasteiger partial charge in [0.2, 0.25) is 10.0 Å². The highest BCUT2D eigenvalue weighted by molar-refractivity contribution is 7.89. The zero-order valence-electron chi connectivity index (χ0n) is 10.5. The van der Waals surface area contributed by atoms with Crippen LogP contribution in [0.3, 0.4) is 0 Å². The summed E-state index contributed by atoms with van der Waals surface area (Å²) in [5, 5.41) is 0.345. The van der Waals surface area contributed by atoms with Gasteiger partial charge < -0.3 is 10.6 Å². The van der Waals surface area contributed by atoms with Crippen molar-refractivity contribution in [2.24, 2.45) is 0 Å². The number of nitrogens with one attached hydrogen (secondary N) is 1. The molecule has 0 aliphatic heterocycles. The lowest BCUT2D eigenvalue weighted by Gasteiger charge is -2.11. The van der Waals surface area contributed by atoms with E-state index in [2.05, 4.69) is 4.72 Å². The Bertz CT molecular complexity index is 503. The lowest BCUT2D eigenvalue weighted by atomic mass is 10.3. The molecule has 0 aromatic heterocycles. The van der Waals surface area contributed by atoms with E-state index >= 15 is 0 Å². The fourth-order valence-corrected chi connectivity index (χ4v) is 2.89. The number of nitrogens with two attached hydrogens (primary N) is 1. The van der Waals surface area contributed by atoms with Crippen molar-refractivity contribution >= 4 is 27.3 Å². The molecule has 102 valence electrons. The largest absolute Gasteiger partial charge is 0.398 e. The van der Waals surface area contributed by atoms with Crippen LogP contribution >= 0.6 is 11.6 Å². The summed E-state index contributed by atoms with van der Waals surface area (Å²) in [6.45, 7) is 1.18. The van der Waals surface area contributed by atoms with Crippen molar-refractivity contribution < 1.29 is 8.42 Å². The number of hydrogen-bond acceptors (Lipinski definition) is 4. The molecule has 7 heteroatoms. The molecule has 18 heavy (non-hydrogen) atoms. The maximum atomic E-state index is 12.0. The molecule has 0 atom stereocenters. The van der Waals surface area contributed by atoms with Crippen molar-refractivity contribution in [2.75, 3.05) is 32.9 Å². The van der Waals surface area contributed by atoms with Crippen molar-refractivity contribution in [3.8, 4) is 0 Å². The Balaban J connectivity index is 2.71. The minimum Gasteiger partial charge on any atom is -0.398 e. The van der Waals surface area contributed by atoms with E-state index in [0.29, 0.717) is 11.6 Å². The van der Waals surface area contributed by atoms with Crippen LogP contribution in [0.5, 0.6) is 0 Å². The van der Waals surface area contributed by atoms with Gasteiger partial charge in [0.15, 0.2) is 0 Å². The first kappa shape index (κ1) is 15.2. The van der Waals surface area contributed by atoms with Crippen LogP contribution in [-0.4, -0.2) is 40.5 Å². The monoisotopic (exact) mass is 291 g/mol. The summed E-state index contributed by atoms with van der Waals surface area (Å²) >= 11 is 5.77. The molecule has 5 nitrogen and oxygen atoms in total. The Hall–Kier alpha value is -0.820. The van der Waals surface area contributed by atoms with Crippen molar-refractivity contribution in [1.82, 2.24) is 9.62 Å². The van der Waals surface area contributed by atoms with Gasteiger partial charge in [0.25, 0.3) is 0 Å². The molecule has 0 saturated carbocycles. The van der Waals surface area contributed by atoms with E-state index in [4.69, 9.17) is 17.3 Å². The number of benzene rings is 1. The average Bonchev–Trinajstić information content (AvgIpc) is 2.27. The number of nitrogens with zero attached hydrogens (tertiary/aromatic N) is 1. The third-order valence-electron chi connectivity index (χ3n) is 2.34. The summed E-state index contributed by atoms with van der Waals surface area (Å²) in [6, 6.07) is 4.39. The summed E-state index contributed by atoms with van der Waals surface area (Å²) in [7, 11) is 0.279. The predicted octanol–water partition coefficient (Wildman–Crippen LogP) is 1.15. The molecule has 3 N–H and O–H groups in total. The van der Waals surface area contributed by atoms with E-state index in [1.54, 1.807) is 6.07 Å². The first-order valence-electron chi connectivity index (χ1n) is 5.52. The number of hydrogen-bond donors (Lipinski definition) is 2. The van der Waals surface area contributed by atoms with E-state index < -0.39 is 10.0 Å². The van der Waals surface area contributed by atoms with Crippen molar-refractivity contribution in [3.63, 3.8) is 0 Å². The van der Waals surface area contributed by atoms with Gasteiger partial charge >= 0.3 is 0 Å². The molecule has 0 radical (unpaired) electrons. The van der Waals surface area contributed by atoms with E-state index in [0.717, 1.165) is 13.0 Å². The molecule has 0 saturated heterocycles. The molecule has 1 rings (SSSR count). The van der Waals surface area contributed by atoms with E-state index in [9.17, 15) is 8.42 Å². The minimum atomic E-state index is -3.59. The lowest BCUT2D eigenvalue weighted by Crippen LogP contribution is -2.27. The van der Waals surface area contributed by atoms with E-state index in [1.165, 1.54) is 12.1 Å². The first-order valence-corrected chi connectivity index (χ1v) is 7.38. The average molecular weight is 292 g/mol. The van der Waals surface area contributed by atoms with Crippen LogP contribution in [0.1, 0.15) is 6.42 Å². The molecule has 0 spiro atoms. The second kappa shape index (κ2) is 6.38. The molecule has 0 fully saturated rings. The van der Waals surface area contributed by atoms with Gasteiger partial charge in [0.1, 0.15) is 4.90 Å². The number of rotatable bonds is 6. The normalized spacial score (nSPS) is 12.0. The molecular weight excluding hydrogens is 274 g/mol. The standard InChI is InChI=1S/C11H18ClN3O2S/c1-15(2)7-3-6-14-18(16,17)11-8-9(12)4-5-10(11)13/h4-5,8,14H,3,6-7,13H2,1-2H3. The zero-order valence-corrected chi connectivity index (χ0v) is 12.1. The molecule has 0 aliphatic rings. The summed E-state index contributed by atoms with van der Waals surface area (Å²) < 4.78 is 26.5. The number of anilines is 1. The third kappa shape index (κ3) is 4.45. The van der Waals surface area contributed by atoms with Gasteiger partial charge in [0.05, 0.1) is 5.69 Å². The third-order valence-corrected chi connectivity index (χ3v) is 4.09.